The molecule has 0 unspecified atom stereocenters. The zero-order valence-electron chi connectivity index (χ0n) is 10.7. The van der Waals surface area contributed by atoms with Crippen LogP contribution in [0.2, 0.25) is 0 Å². The third kappa shape index (κ3) is 4.71. The molecule has 0 radical (unpaired) electrons. The Morgan fingerprint density at radius 2 is 2.11 bits per heavy atom. The molecule has 1 aromatic carbocycles. The van der Waals surface area contributed by atoms with Crippen molar-refractivity contribution in [1.29, 1.82) is 0 Å². The van der Waals surface area contributed by atoms with Gasteiger partial charge in [-0.25, -0.2) is 0 Å². The van der Waals surface area contributed by atoms with E-state index in [9.17, 15) is 5.11 Å². The van der Waals surface area contributed by atoms with E-state index in [2.05, 4.69) is 22.2 Å². The minimum absolute atomic E-state index is 0.00850. The van der Waals surface area contributed by atoms with Gasteiger partial charge in [0.2, 0.25) is 0 Å². The first-order chi connectivity index (χ1) is 8.72. The summed E-state index contributed by atoms with van der Waals surface area (Å²) in [5.74, 6) is 2.48. The number of hydrogen-bond donors (Lipinski definition) is 1. The maximum Gasteiger partial charge on any atom is 0.175 e. The van der Waals surface area contributed by atoms with Gasteiger partial charge < -0.3 is 14.6 Å². The summed E-state index contributed by atoms with van der Waals surface area (Å²) in [5, 5.41) is 9.17. The monoisotopic (exact) mass is 334 g/mol. The van der Waals surface area contributed by atoms with Gasteiger partial charge in [0.25, 0.3) is 0 Å². The van der Waals surface area contributed by atoms with E-state index in [-0.39, 0.29) is 6.61 Å². The first kappa shape index (κ1) is 15.7. The van der Waals surface area contributed by atoms with Crippen LogP contribution in [0.3, 0.4) is 0 Å². The molecule has 0 fully saturated rings. The highest BCUT2D eigenvalue weighted by molar-refractivity contribution is 9.10. The van der Waals surface area contributed by atoms with Gasteiger partial charge in [0, 0.05) is 0 Å². The summed E-state index contributed by atoms with van der Waals surface area (Å²) in [7, 11) is 0. The number of aliphatic hydroxyl groups is 1. The van der Waals surface area contributed by atoms with Crippen LogP contribution in [-0.4, -0.2) is 30.3 Å². The smallest absolute Gasteiger partial charge is 0.175 e. The number of halogens is 1. The molecule has 0 saturated heterocycles. The van der Waals surface area contributed by atoms with Crippen LogP contribution in [0.1, 0.15) is 18.9 Å². The van der Waals surface area contributed by atoms with E-state index in [4.69, 9.17) is 9.47 Å². The van der Waals surface area contributed by atoms with Crippen LogP contribution < -0.4 is 9.47 Å². The molecule has 0 amide bonds. The number of benzene rings is 1. The van der Waals surface area contributed by atoms with Gasteiger partial charge in [0.1, 0.15) is 0 Å². The average molecular weight is 335 g/mol. The summed E-state index contributed by atoms with van der Waals surface area (Å²) < 4.78 is 12.1. The highest BCUT2D eigenvalue weighted by atomic mass is 79.9. The van der Waals surface area contributed by atoms with Crippen LogP contribution in [0.5, 0.6) is 11.5 Å². The van der Waals surface area contributed by atoms with E-state index in [1.165, 1.54) is 0 Å². The van der Waals surface area contributed by atoms with E-state index in [0.29, 0.717) is 19.0 Å². The highest BCUT2D eigenvalue weighted by Gasteiger charge is 2.11. The van der Waals surface area contributed by atoms with Crippen LogP contribution in [0, 0.1) is 0 Å². The maximum absolute atomic E-state index is 9.17. The zero-order valence-corrected chi connectivity index (χ0v) is 13.1. The van der Waals surface area contributed by atoms with E-state index in [0.717, 1.165) is 28.0 Å². The molecule has 0 heterocycles. The van der Waals surface area contributed by atoms with Crippen molar-refractivity contribution in [2.75, 3.05) is 25.2 Å². The van der Waals surface area contributed by atoms with Crippen LogP contribution in [0.25, 0.3) is 0 Å². The van der Waals surface area contributed by atoms with Gasteiger partial charge >= 0.3 is 0 Å². The third-order valence-corrected chi connectivity index (χ3v) is 3.58. The Morgan fingerprint density at radius 3 is 2.72 bits per heavy atom. The minimum atomic E-state index is -0.00850. The second-order valence-corrected chi connectivity index (χ2v) is 5.53. The Bertz CT molecular complexity index is 371. The fraction of sp³-hybridized carbons (Fsp3) is 0.538. The van der Waals surface area contributed by atoms with Crippen LogP contribution >= 0.6 is 27.7 Å². The summed E-state index contributed by atoms with van der Waals surface area (Å²) in [6.07, 6.45) is 3.08. The normalized spacial score (nSPS) is 10.4. The van der Waals surface area contributed by atoms with E-state index in [1.54, 1.807) is 11.8 Å². The number of ether oxygens (including phenoxy) is 2. The molecule has 0 aliphatic heterocycles. The molecule has 18 heavy (non-hydrogen) atoms. The minimum Gasteiger partial charge on any atom is -0.490 e. The Labute approximate surface area is 121 Å². The number of thioether (sulfide) groups is 1. The Balaban J connectivity index is 2.79. The van der Waals surface area contributed by atoms with Gasteiger partial charge in [-0.3, -0.25) is 0 Å². The van der Waals surface area contributed by atoms with Gasteiger partial charge in [-0.05, 0) is 59.0 Å². The van der Waals surface area contributed by atoms with Crippen LogP contribution in [-0.2, 0) is 6.61 Å². The van der Waals surface area contributed by atoms with E-state index < -0.39 is 0 Å². The largest absolute Gasteiger partial charge is 0.490 e. The van der Waals surface area contributed by atoms with Crippen LogP contribution in [0.4, 0.5) is 0 Å². The lowest BCUT2D eigenvalue weighted by Gasteiger charge is -2.14. The van der Waals surface area contributed by atoms with Crippen molar-refractivity contribution in [2.45, 2.75) is 20.0 Å². The third-order valence-electron chi connectivity index (χ3n) is 2.29. The summed E-state index contributed by atoms with van der Waals surface area (Å²) in [6, 6.07) is 3.67. The standard InChI is InChI=1S/C13H19BrO3S/c1-3-16-12-8-10(9-15)7-11(14)13(12)17-5-4-6-18-2/h7-8,15H,3-6,9H2,1-2H3. The fourth-order valence-electron chi connectivity index (χ4n) is 1.49. The van der Waals surface area contributed by atoms with Crippen molar-refractivity contribution >= 4 is 27.7 Å². The molecule has 3 nitrogen and oxygen atoms in total. The molecule has 0 bridgehead atoms. The lowest BCUT2D eigenvalue weighted by molar-refractivity contribution is 0.268. The molecule has 1 rings (SSSR count). The number of aliphatic hydroxyl groups excluding tert-OH is 1. The molecule has 0 aliphatic rings. The van der Waals surface area contributed by atoms with Gasteiger partial charge in [-0.2, -0.15) is 11.8 Å². The second-order valence-electron chi connectivity index (χ2n) is 3.69. The first-order valence-corrected chi connectivity index (χ1v) is 8.09. The van der Waals surface area contributed by atoms with Gasteiger partial charge in [0.05, 0.1) is 24.3 Å². The van der Waals surface area contributed by atoms with Crippen molar-refractivity contribution in [3.8, 4) is 11.5 Å². The molecule has 0 spiro atoms. The molecule has 0 aliphatic carbocycles. The van der Waals surface area contributed by atoms with Crippen molar-refractivity contribution in [3.05, 3.63) is 22.2 Å². The fourth-order valence-corrected chi connectivity index (χ4v) is 2.50. The maximum atomic E-state index is 9.17. The molecular formula is C13H19BrO3S. The molecule has 1 N–H and O–H groups in total. The molecule has 102 valence electrons. The SMILES string of the molecule is CCOc1cc(CO)cc(Br)c1OCCCSC. The van der Waals surface area contributed by atoms with Crippen molar-refractivity contribution in [2.24, 2.45) is 0 Å². The quantitative estimate of drug-likeness (QED) is 0.739. The zero-order chi connectivity index (χ0) is 13.4. The predicted molar refractivity (Wildman–Crippen MR) is 79.7 cm³/mol. The lowest BCUT2D eigenvalue weighted by Crippen LogP contribution is -2.03. The Hall–Kier alpha value is -0.390. The van der Waals surface area contributed by atoms with Gasteiger partial charge in [0.15, 0.2) is 11.5 Å². The second kappa shape index (κ2) is 8.67. The van der Waals surface area contributed by atoms with Crippen LogP contribution in [0.15, 0.2) is 16.6 Å². The van der Waals surface area contributed by atoms with Gasteiger partial charge in [-0.15, -0.1) is 0 Å². The first-order valence-electron chi connectivity index (χ1n) is 5.90. The van der Waals surface area contributed by atoms with Crippen molar-refractivity contribution in [3.63, 3.8) is 0 Å². The van der Waals surface area contributed by atoms with Gasteiger partial charge in [-0.1, -0.05) is 0 Å². The van der Waals surface area contributed by atoms with E-state index in [1.807, 2.05) is 19.1 Å². The number of hydrogen-bond acceptors (Lipinski definition) is 4. The summed E-state index contributed by atoms with van der Waals surface area (Å²) in [5.41, 5.74) is 0.807. The average Bonchev–Trinajstić information content (AvgIpc) is 2.37. The highest BCUT2D eigenvalue weighted by Crippen LogP contribution is 2.37. The molecule has 5 heteroatoms. The summed E-state index contributed by atoms with van der Waals surface area (Å²) >= 11 is 5.26. The molecule has 0 saturated carbocycles. The summed E-state index contributed by atoms with van der Waals surface area (Å²) in [6.45, 7) is 3.16. The Kier molecular flexibility index (Phi) is 7.54. The molecule has 1 aromatic rings. The molecule has 0 aromatic heterocycles. The van der Waals surface area contributed by atoms with Crippen molar-refractivity contribution < 1.29 is 14.6 Å². The summed E-state index contributed by atoms with van der Waals surface area (Å²) in [4.78, 5) is 0. The van der Waals surface area contributed by atoms with Crippen molar-refractivity contribution in [1.82, 2.24) is 0 Å². The Morgan fingerprint density at radius 1 is 1.33 bits per heavy atom. The molecular weight excluding hydrogens is 316 g/mol. The lowest BCUT2D eigenvalue weighted by atomic mass is 10.2. The predicted octanol–water partition coefficient (Wildman–Crippen LogP) is 3.47. The molecule has 0 atom stereocenters. The topological polar surface area (TPSA) is 38.7 Å². The van der Waals surface area contributed by atoms with E-state index >= 15 is 0 Å². The number of rotatable bonds is 8.